The van der Waals surface area contributed by atoms with Gasteiger partial charge in [-0.15, -0.1) is 0 Å². The van der Waals surface area contributed by atoms with Crippen LogP contribution in [0.25, 0.3) is 0 Å². The second kappa shape index (κ2) is 4.80. The van der Waals surface area contributed by atoms with Gasteiger partial charge in [0.05, 0.1) is 5.60 Å². The summed E-state index contributed by atoms with van der Waals surface area (Å²) in [5.41, 5.74) is 3.05. The number of aryl methyl sites for hydroxylation is 2. The van der Waals surface area contributed by atoms with Crippen LogP contribution in [-0.2, 0) is 0 Å². The third-order valence-electron chi connectivity index (χ3n) is 3.94. The highest BCUT2D eigenvalue weighted by molar-refractivity contribution is 5.56. The van der Waals surface area contributed by atoms with Crippen LogP contribution in [0.1, 0.15) is 31.9 Å². The van der Waals surface area contributed by atoms with E-state index in [-0.39, 0.29) is 5.54 Å². The van der Waals surface area contributed by atoms with E-state index in [4.69, 9.17) is 0 Å². The molecule has 0 bridgehead atoms. The smallest absolute Gasteiger partial charge is 0.0917 e. The predicted octanol–water partition coefficient (Wildman–Crippen LogP) is 2.24. The van der Waals surface area contributed by atoms with E-state index in [1.807, 2.05) is 6.92 Å². The van der Waals surface area contributed by atoms with Crippen molar-refractivity contribution in [3.8, 4) is 0 Å². The molecule has 1 atom stereocenters. The molecule has 2 rings (SSSR count). The molecule has 1 aromatic carbocycles. The lowest BCUT2D eigenvalue weighted by Gasteiger charge is -2.41. The third-order valence-corrected chi connectivity index (χ3v) is 3.94. The van der Waals surface area contributed by atoms with Crippen molar-refractivity contribution in [2.75, 3.05) is 24.5 Å². The second-order valence-corrected chi connectivity index (χ2v) is 6.79. The quantitative estimate of drug-likeness (QED) is 0.815. The van der Waals surface area contributed by atoms with Crippen molar-refractivity contribution < 1.29 is 5.11 Å². The minimum Gasteiger partial charge on any atom is -0.387 e. The van der Waals surface area contributed by atoms with E-state index in [9.17, 15) is 5.11 Å². The molecule has 19 heavy (non-hydrogen) atoms. The molecule has 2 N–H and O–H groups in total. The van der Waals surface area contributed by atoms with Gasteiger partial charge in [-0.3, -0.25) is 0 Å². The number of β-amino-alcohol motifs (C(OH)–C–C–N with tert-alkyl or cyclic N) is 1. The summed E-state index contributed by atoms with van der Waals surface area (Å²) in [6, 6.07) is 6.53. The van der Waals surface area contributed by atoms with Crippen LogP contribution in [0.2, 0.25) is 0 Å². The third kappa shape index (κ3) is 3.10. The zero-order valence-electron chi connectivity index (χ0n) is 12.7. The summed E-state index contributed by atoms with van der Waals surface area (Å²) in [4.78, 5) is 2.34. The lowest BCUT2D eigenvalue weighted by Crippen LogP contribution is -2.51. The van der Waals surface area contributed by atoms with Crippen LogP contribution in [0.4, 0.5) is 5.69 Å². The van der Waals surface area contributed by atoms with Crippen molar-refractivity contribution >= 4 is 5.69 Å². The molecule has 0 saturated carbocycles. The highest BCUT2D eigenvalue weighted by Crippen LogP contribution is 2.30. The molecule has 106 valence electrons. The van der Waals surface area contributed by atoms with Crippen LogP contribution >= 0.6 is 0 Å². The average Bonchev–Trinajstić information content (AvgIpc) is 2.35. The number of benzene rings is 1. The van der Waals surface area contributed by atoms with E-state index in [1.165, 1.54) is 16.8 Å². The van der Waals surface area contributed by atoms with Gasteiger partial charge in [-0.05, 0) is 46.2 Å². The molecule has 0 aromatic heterocycles. The fourth-order valence-corrected chi connectivity index (χ4v) is 2.86. The molecule has 1 saturated heterocycles. The van der Waals surface area contributed by atoms with Gasteiger partial charge in [-0.1, -0.05) is 17.7 Å². The van der Waals surface area contributed by atoms with Gasteiger partial charge in [0.15, 0.2) is 0 Å². The Balaban J connectivity index is 2.43. The Bertz CT molecular complexity index is 466. The van der Waals surface area contributed by atoms with Crippen LogP contribution < -0.4 is 10.2 Å². The van der Waals surface area contributed by atoms with Gasteiger partial charge in [-0.25, -0.2) is 0 Å². The Labute approximate surface area is 116 Å². The molecule has 1 aliphatic heterocycles. The van der Waals surface area contributed by atoms with Crippen LogP contribution in [0.5, 0.6) is 0 Å². The summed E-state index contributed by atoms with van der Waals surface area (Å²) in [5.74, 6) is 0. The van der Waals surface area contributed by atoms with Gasteiger partial charge in [0, 0.05) is 30.9 Å². The number of hydrogen-bond donors (Lipinski definition) is 2. The molecule has 0 radical (unpaired) electrons. The van der Waals surface area contributed by atoms with Gasteiger partial charge in [0.25, 0.3) is 0 Å². The van der Waals surface area contributed by atoms with Gasteiger partial charge in [0.2, 0.25) is 0 Å². The molecular formula is C16H26N2O. The molecule has 3 nitrogen and oxygen atoms in total. The summed E-state index contributed by atoms with van der Waals surface area (Å²) in [6.07, 6.45) is 0. The molecule has 1 aliphatic rings. The van der Waals surface area contributed by atoms with E-state index in [0.29, 0.717) is 13.1 Å². The van der Waals surface area contributed by atoms with Gasteiger partial charge in [-0.2, -0.15) is 0 Å². The minimum absolute atomic E-state index is 0.0134. The molecule has 1 heterocycles. The maximum Gasteiger partial charge on any atom is 0.0917 e. The Morgan fingerprint density at radius 1 is 1.16 bits per heavy atom. The zero-order valence-corrected chi connectivity index (χ0v) is 12.7. The lowest BCUT2D eigenvalue weighted by atomic mass is 9.98. The van der Waals surface area contributed by atoms with Crippen molar-refractivity contribution in [1.82, 2.24) is 5.32 Å². The molecule has 1 unspecified atom stereocenters. The van der Waals surface area contributed by atoms with Crippen LogP contribution in [0, 0.1) is 13.8 Å². The maximum absolute atomic E-state index is 10.5. The van der Waals surface area contributed by atoms with Crippen LogP contribution in [0.15, 0.2) is 18.2 Å². The predicted molar refractivity (Wildman–Crippen MR) is 80.8 cm³/mol. The molecule has 0 aliphatic carbocycles. The number of anilines is 1. The SMILES string of the molecule is Cc1ccc(N2CC(C)(O)CNCC2(C)C)c(C)c1. The first-order valence-electron chi connectivity index (χ1n) is 6.99. The second-order valence-electron chi connectivity index (χ2n) is 6.79. The fraction of sp³-hybridized carbons (Fsp3) is 0.625. The molecule has 0 amide bonds. The Morgan fingerprint density at radius 3 is 2.47 bits per heavy atom. The van der Waals surface area contributed by atoms with E-state index in [1.54, 1.807) is 0 Å². The number of hydrogen-bond acceptors (Lipinski definition) is 3. The first-order chi connectivity index (χ1) is 8.71. The minimum atomic E-state index is -0.703. The Morgan fingerprint density at radius 2 is 1.84 bits per heavy atom. The van der Waals surface area contributed by atoms with Crippen molar-refractivity contribution in [2.45, 2.75) is 45.8 Å². The summed E-state index contributed by atoms with van der Waals surface area (Å²) < 4.78 is 0. The summed E-state index contributed by atoms with van der Waals surface area (Å²) in [5, 5.41) is 13.8. The van der Waals surface area contributed by atoms with Crippen LogP contribution in [0.3, 0.4) is 0 Å². The Kier molecular flexibility index (Phi) is 3.63. The van der Waals surface area contributed by atoms with Gasteiger partial charge in [0.1, 0.15) is 0 Å². The first-order valence-corrected chi connectivity index (χ1v) is 6.99. The van der Waals surface area contributed by atoms with Crippen molar-refractivity contribution in [1.29, 1.82) is 0 Å². The number of aliphatic hydroxyl groups is 1. The first kappa shape index (κ1) is 14.4. The zero-order chi connectivity index (χ0) is 14.3. The highest BCUT2D eigenvalue weighted by atomic mass is 16.3. The molecule has 1 fully saturated rings. The molecule has 1 aromatic rings. The van der Waals surface area contributed by atoms with E-state index in [0.717, 1.165) is 6.54 Å². The molecular weight excluding hydrogens is 236 g/mol. The monoisotopic (exact) mass is 262 g/mol. The summed E-state index contributed by atoms with van der Waals surface area (Å²) >= 11 is 0. The normalized spacial score (nSPS) is 27.2. The van der Waals surface area contributed by atoms with E-state index in [2.05, 4.69) is 56.1 Å². The standard InChI is InChI=1S/C16H26N2O/c1-12-6-7-14(13(2)8-12)18-11-16(5,19)10-17-9-15(18,3)4/h6-8,17,19H,9-11H2,1-5H3. The fourth-order valence-electron chi connectivity index (χ4n) is 2.86. The van der Waals surface area contributed by atoms with E-state index >= 15 is 0 Å². The molecule has 3 heteroatoms. The van der Waals surface area contributed by atoms with Crippen molar-refractivity contribution in [2.24, 2.45) is 0 Å². The lowest BCUT2D eigenvalue weighted by molar-refractivity contribution is 0.0720. The van der Waals surface area contributed by atoms with Crippen LogP contribution in [-0.4, -0.2) is 35.9 Å². The largest absolute Gasteiger partial charge is 0.387 e. The number of rotatable bonds is 1. The summed E-state index contributed by atoms with van der Waals surface area (Å²) in [6.45, 7) is 12.8. The topological polar surface area (TPSA) is 35.5 Å². The summed E-state index contributed by atoms with van der Waals surface area (Å²) in [7, 11) is 0. The number of nitrogens with one attached hydrogen (secondary N) is 1. The highest BCUT2D eigenvalue weighted by Gasteiger charge is 2.36. The van der Waals surface area contributed by atoms with Crippen molar-refractivity contribution in [3.05, 3.63) is 29.3 Å². The average molecular weight is 262 g/mol. The molecule has 0 spiro atoms. The number of nitrogens with zero attached hydrogens (tertiary/aromatic N) is 1. The van der Waals surface area contributed by atoms with E-state index < -0.39 is 5.60 Å². The maximum atomic E-state index is 10.5. The van der Waals surface area contributed by atoms with Gasteiger partial charge >= 0.3 is 0 Å². The van der Waals surface area contributed by atoms with Gasteiger partial charge < -0.3 is 15.3 Å². The van der Waals surface area contributed by atoms with Crippen molar-refractivity contribution in [3.63, 3.8) is 0 Å². The Hall–Kier alpha value is -1.06.